The molecule has 3 aromatic rings. The Kier molecular flexibility index (Phi) is 4.47. The number of hydrogen-bond acceptors (Lipinski definition) is 1. The normalized spacial score (nSPS) is 10.9. The van der Waals surface area contributed by atoms with Gasteiger partial charge in [0, 0.05) is 5.56 Å². The molecule has 0 saturated carbocycles. The third kappa shape index (κ3) is 3.14. The molecule has 0 aliphatic heterocycles. The summed E-state index contributed by atoms with van der Waals surface area (Å²) in [5.41, 5.74) is 4.95. The van der Waals surface area contributed by atoms with Crippen molar-refractivity contribution in [3.63, 3.8) is 0 Å². The lowest BCUT2D eigenvalue weighted by molar-refractivity contribution is 0.786. The Labute approximate surface area is 136 Å². The van der Waals surface area contributed by atoms with Crippen molar-refractivity contribution < 1.29 is 0 Å². The molecule has 1 heterocycles. The van der Waals surface area contributed by atoms with Crippen LogP contribution in [0.15, 0.2) is 59.4 Å². The summed E-state index contributed by atoms with van der Waals surface area (Å²) < 4.78 is 1.67. The molecule has 0 bridgehead atoms. The lowest BCUT2D eigenvalue weighted by Gasteiger charge is -2.03. The van der Waals surface area contributed by atoms with E-state index in [0.29, 0.717) is 0 Å². The van der Waals surface area contributed by atoms with Gasteiger partial charge in [-0.3, -0.25) is 9.89 Å². The molecule has 0 spiro atoms. The molecule has 0 fully saturated rings. The first-order chi connectivity index (χ1) is 11.2. The first-order valence-corrected chi connectivity index (χ1v) is 8.17. The number of aromatic nitrogens is 2. The summed E-state index contributed by atoms with van der Waals surface area (Å²) in [4.78, 5) is 12.9. The molecule has 3 rings (SSSR count). The van der Waals surface area contributed by atoms with Gasteiger partial charge in [0.2, 0.25) is 0 Å². The Morgan fingerprint density at radius 3 is 2.52 bits per heavy atom. The van der Waals surface area contributed by atoms with Crippen LogP contribution in [0, 0.1) is 6.92 Å². The number of benzene rings is 2. The van der Waals surface area contributed by atoms with Crippen LogP contribution >= 0.6 is 0 Å². The maximum Gasteiger partial charge on any atom is 0.275 e. The fourth-order valence-corrected chi connectivity index (χ4v) is 2.85. The van der Waals surface area contributed by atoms with Gasteiger partial charge in [-0.05, 0) is 43.0 Å². The summed E-state index contributed by atoms with van der Waals surface area (Å²) in [5.74, 6) is 0. The number of rotatable bonds is 5. The van der Waals surface area contributed by atoms with Gasteiger partial charge < -0.3 is 0 Å². The van der Waals surface area contributed by atoms with Gasteiger partial charge in [-0.15, -0.1) is 0 Å². The van der Waals surface area contributed by atoms with Gasteiger partial charge in [-0.2, -0.15) is 0 Å². The van der Waals surface area contributed by atoms with E-state index in [4.69, 9.17) is 0 Å². The van der Waals surface area contributed by atoms with Crippen molar-refractivity contribution in [2.45, 2.75) is 33.1 Å². The van der Waals surface area contributed by atoms with E-state index in [1.54, 1.807) is 4.68 Å². The van der Waals surface area contributed by atoms with E-state index in [2.05, 4.69) is 12.0 Å². The van der Waals surface area contributed by atoms with E-state index >= 15 is 0 Å². The molecular formula is C20H22N2O. The van der Waals surface area contributed by atoms with Crippen molar-refractivity contribution in [3.8, 4) is 16.9 Å². The molecule has 0 radical (unpaired) electrons. The summed E-state index contributed by atoms with van der Waals surface area (Å²) >= 11 is 0. The first-order valence-electron chi connectivity index (χ1n) is 8.17. The van der Waals surface area contributed by atoms with Crippen molar-refractivity contribution in [3.05, 3.63) is 76.1 Å². The fraction of sp³-hybridized carbons (Fsp3) is 0.250. The van der Waals surface area contributed by atoms with Gasteiger partial charge >= 0.3 is 0 Å². The number of H-pyrrole nitrogens is 1. The average molecular weight is 306 g/mol. The minimum atomic E-state index is 0.0582. The van der Waals surface area contributed by atoms with Gasteiger partial charge in [0.15, 0.2) is 0 Å². The lowest BCUT2D eigenvalue weighted by Crippen LogP contribution is -2.17. The van der Waals surface area contributed by atoms with E-state index in [1.807, 2.05) is 61.5 Å². The van der Waals surface area contributed by atoms with Gasteiger partial charge in [-0.1, -0.05) is 55.8 Å². The smallest absolute Gasteiger partial charge is 0.275 e. The molecule has 3 nitrogen and oxygen atoms in total. The molecule has 23 heavy (non-hydrogen) atoms. The Balaban J connectivity index is 2.16. The highest BCUT2D eigenvalue weighted by atomic mass is 16.1. The zero-order chi connectivity index (χ0) is 16.2. The zero-order valence-electron chi connectivity index (χ0n) is 13.7. The van der Waals surface area contributed by atoms with Crippen LogP contribution < -0.4 is 5.56 Å². The van der Waals surface area contributed by atoms with Crippen LogP contribution in [0.5, 0.6) is 0 Å². The largest absolute Gasteiger partial charge is 0.290 e. The Morgan fingerprint density at radius 1 is 1.04 bits per heavy atom. The van der Waals surface area contributed by atoms with Crippen LogP contribution in [0.25, 0.3) is 16.9 Å². The highest BCUT2D eigenvalue weighted by Gasteiger charge is 2.16. The molecule has 118 valence electrons. The highest BCUT2D eigenvalue weighted by molar-refractivity contribution is 5.63. The van der Waals surface area contributed by atoms with Crippen molar-refractivity contribution in [2.75, 3.05) is 0 Å². The molecule has 0 saturated heterocycles. The van der Waals surface area contributed by atoms with E-state index in [-0.39, 0.29) is 5.56 Å². The van der Waals surface area contributed by atoms with Crippen LogP contribution in [0.1, 0.15) is 30.9 Å². The van der Waals surface area contributed by atoms with Gasteiger partial charge in [0.25, 0.3) is 5.56 Å². The SMILES string of the molecule is CCCCc1c(-c2ccccc2)[nH]n(-c2cccc(C)c2)c1=O. The maximum atomic E-state index is 12.9. The molecule has 3 heteroatoms. The Hall–Kier alpha value is -2.55. The second kappa shape index (κ2) is 6.69. The molecule has 1 N–H and O–H groups in total. The molecule has 1 aromatic heterocycles. The summed E-state index contributed by atoms with van der Waals surface area (Å²) in [6, 6.07) is 18.1. The molecule has 0 amide bonds. The maximum absolute atomic E-state index is 12.9. The number of unbranched alkanes of at least 4 members (excludes halogenated alkanes) is 1. The fourth-order valence-electron chi connectivity index (χ4n) is 2.85. The van der Waals surface area contributed by atoms with Crippen molar-refractivity contribution in [1.29, 1.82) is 0 Å². The molecule has 0 atom stereocenters. The lowest BCUT2D eigenvalue weighted by atomic mass is 10.0. The quantitative estimate of drug-likeness (QED) is 0.741. The second-order valence-corrected chi connectivity index (χ2v) is 5.91. The monoisotopic (exact) mass is 306 g/mol. The van der Waals surface area contributed by atoms with E-state index < -0.39 is 0 Å². The Bertz CT molecular complexity index is 844. The highest BCUT2D eigenvalue weighted by Crippen LogP contribution is 2.22. The summed E-state index contributed by atoms with van der Waals surface area (Å²) in [7, 11) is 0. The molecule has 0 aliphatic rings. The summed E-state index contributed by atoms with van der Waals surface area (Å²) in [6.07, 6.45) is 2.89. The third-order valence-electron chi connectivity index (χ3n) is 4.09. The van der Waals surface area contributed by atoms with Crippen LogP contribution in [0.2, 0.25) is 0 Å². The van der Waals surface area contributed by atoms with Gasteiger partial charge in [-0.25, -0.2) is 4.68 Å². The van der Waals surface area contributed by atoms with E-state index in [0.717, 1.165) is 47.3 Å². The van der Waals surface area contributed by atoms with Crippen molar-refractivity contribution in [1.82, 2.24) is 9.78 Å². The average Bonchev–Trinajstić information content (AvgIpc) is 2.90. The summed E-state index contributed by atoms with van der Waals surface area (Å²) in [6.45, 7) is 4.18. The van der Waals surface area contributed by atoms with Crippen LogP contribution in [0.3, 0.4) is 0 Å². The van der Waals surface area contributed by atoms with E-state index in [1.165, 1.54) is 0 Å². The minimum absolute atomic E-state index is 0.0582. The topological polar surface area (TPSA) is 37.8 Å². The van der Waals surface area contributed by atoms with Crippen molar-refractivity contribution in [2.24, 2.45) is 0 Å². The van der Waals surface area contributed by atoms with Gasteiger partial charge in [0.05, 0.1) is 11.4 Å². The number of aromatic amines is 1. The first kappa shape index (κ1) is 15.3. The van der Waals surface area contributed by atoms with Crippen molar-refractivity contribution >= 4 is 0 Å². The summed E-state index contributed by atoms with van der Waals surface area (Å²) in [5, 5.41) is 3.32. The number of hydrogen-bond donors (Lipinski definition) is 1. The predicted octanol–water partition coefficient (Wildman–Crippen LogP) is 4.48. The number of nitrogens with zero attached hydrogens (tertiary/aromatic N) is 1. The molecular weight excluding hydrogens is 284 g/mol. The van der Waals surface area contributed by atoms with Crippen LogP contribution in [-0.2, 0) is 6.42 Å². The zero-order valence-corrected chi connectivity index (χ0v) is 13.7. The standard InChI is InChI=1S/C20H22N2O/c1-3-4-13-18-19(16-10-6-5-7-11-16)21-22(20(18)23)17-12-8-9-15(2)14-17/h5-12,14,21H,3-4,13H2,1-2H3. The number of aryl methyl sites for hydroxylation is 1. The molecule has 2 aromatic carbocycles. The van der Waals surface area contributed by atoms with Crippen LogP contribution in [-0.4, -0.2) is 9.78 Å². The van der Waals surface area contributed by atoms with Gasteiger partial charge in [0.1, 0.15) is 0 Å². The predicted molar refractivity (Wildman–Crippen MR) is 95.2 cm³/mol. The Morgan fingerprint density at radius 2 is 1.83 bits per heavy atom. The molecule has 0 aliphatic carbocycles. The van der Waals surface area contributed by atoms with E-state index in [9.17, 15) is 4.79 Å². The third-order valence-corrected chi connectivity index (χ3v) is 4.09. The minimum Gasteiger partial charge on any atom is -0.290 e. The molecule has 0 unspecified atom stereocenters. The number of nitrogens with one attached hydrogen (secondary N) is 1. The van der Waals surface area contributed by atoms with Crippen LogP contribution in [0.4, 0.5) is 0 Å². The second-order valence-electron chi connectivity index (χ2n) is 5.91.